The summed E-state index contributed by atoms with van der Waals surface area (Å²) in [6.07, 6.45) is -5.28. The zero-order chi connectivity index (χ0) is 13.1. The van der Waals surface area contributed by atoms with Crippen LogP contribution in [-0.2, 0) is 6.42 Å². The normalized spacial score (nSPS) is 10.8. The van der Waals surface area contributed by atoms with Crippen LogP contribution in [0.2, 0.25) is 0 Å². The first-order valence-corrected chi connectivity index (χ1v) is 4.27. The molecule has 0 radical (unpaired) electrons. The molecule has 0 spiro atoms. The molecule has 0 saturated carbocycles. The predicted molar refractivity (Wildman–Crippen MR) is 48.5 cm³/mol. The van der Waals surface area contributed by atoms with E-state index in [-0.39, 0.29) is 17.9 Å². The fraction of sp³-hybridized carbons (Fsp3) is 0.333. The average Bonchev–Trinajstić information content (AvgIpc) is 2.22. The molecule has 17 heavy (non-hydrogen) atoms. The minimum atomic E-state index is -4.99. The SMILES string of the molecule is COc1cc(CC#N)c(O)c(OC(F)(F)F)n1. The van der Waals surface area contributed by atoms with Gasteiger partial charge in [-0.1, -0.05) is 0 Å². The van der Waals surface area contributed by atoms with Crippen LogP contribution in [0.5, 0.6) is 17.5 Å². The number of aromatic hydroxyl groups is 1. The van der Waals surface area contributed by atoms with Crippen molar-refractivity contribution in [2.75, 3.05) is 7.11 Å². The summed E-state index contributed by atoms with van der Waals surface area (Å²) in [4.78, 5) is 3.30. The van der Waals surface area contributed by atoms with E-state index in [9.17, 15) is 18.3 Å². The van der Waals surface area contributed by atoms with Gasteiger partial charge >= 0.3 is 6.36 Å². The highest BCUT2D eigenvalue weighted by Crippen LogP contribution is 2.34. The van der Waals surface area contributed by atoms with Crippen molar-refractivity contribution in [2.45, 2.75) is 12.8 Å². The third-order valence-electron chi connectivity index (χ3n) is 1.71. The topological polar surface area (TPSA) is 75.4 Å². The number of rotatable bonds is 3. The molecule has 0 aliphatic carbocycles. The molecule has 0 bridgehead atoms. The highest BCUT2D eigenvalue weighted by molar-refractivity contribution is 5.45. The molecule has 1 heterocycles. The molecule has 0 aliphatic rings. The molecule has 0 fully saturated rings. The number of pyridine rings is 1. The Hall–Kier alpha value is -2.17. The Bertz CT molecular complexity index is 454. The smallest absolute Gasteiger partial charge is 0.503 e. The second kappa shape index (κ2) is 4.78. The van der Waals surface area contributed by atoms with Crippen LogP contribution in [0.1, 0.15) is 5.56 Å². The molecule has 1 aromatic rings. The minimum Gasteiger partial charge on any atom is -0.503 e. The zero-order valence-electron chi connectivity index (χ0n) is 8.58. The first kappa shape index (κ1) is 12.9. The number of alkyl halides is 3. The van der Waals surface area contributed by atoms with Crippen LogP contribution in [0, 0.1) is 11.3 Å². The minimum absolute atomic E-state index is 0.0569. The lowest BCUT2D eigenvalue weighted by molar-refractivity contribution is -0.276. The van der Waals surface area contributed by atoms with Gasteiger partial charge in [0, 0.05) is 11.6 Å². The van der Waals surface area contributed by atoms with Gasteiger partial charge in [0.1, 0.15) is 0 Å². The summed E-state index contributed by atoms with van der Waals surface area (Å²) < 4.78 is 44.1. The molecule has 92 valence electrons. The third-order valence-corrected chi connectivity index (χ3v) is 1.71. The lowest BCUT2D eigenvalue weighted by atomic mass is 10.2. The van der Waals surface area contributed by atoms with E-state index in [1.54, 1.807) is 6.07 Å². The van der Waals surface area contributed by atoms with Crippen LogP contribution < -0.4 is 9.47 Å². The van der Waals surface area contributed by atoms with E-state index >= 15 is 0 Å². The van der Waals surface area contributed by atoms with Gasteiger partial charge in [0.2, 0.25) is 5.88 Å². The lowest BCUT2D eigenvalue weighted by Crippen LogP contribution is -2.18. The molecule has 0 aliphatic heterocycles. The predicted octanol–water partition coefficient (Wildman–Crippen LogP) is 1.76. The Morgan fingerprint density at radius 3 is 2.65 bits per heavy atom. The molecule has 0 atom stereocenters. The number of methoxy groups -OCH3 is 1. The summed E-state index contributed by atoms with van der Waals surface area (Å²) in [5.74, 6) is -2.06. The summed E-state index contributed by atoms with van der Waals surface area (Å²) in [5.41, 5.74) is -0.0569. The van der Waals surface area contributed by atoms with E-state index < -0.39 is 18.0 Å². The van der Waals surface area contributed by atoms with E-state index in [0.717, 1.165) is 6.07 Å². The second-order valence-electron chi connectivity index (χ2n) is 2.86. The Balaban J connectivity index is 3.20. The molecule has 0 aromatic carbocycles. The zero-order valence-corrected chi connectivity index (χ0v) is 8.58. The summed E-state index contributed by atoms with van der Waals surface area (Å²) >= 11 is 0. The largest absolute Gasteiger partial charge is 0.574 e. The first-order valence-electron chi connectivity index (χ1n) is 4.27. The fourth-order valence-corrected chi connectivity index (χ4v) is 1.05. The summed E-state index contributed by atoms with van der Waals surface area (Å²) in [6.45, 7) is 0. The van der Waals surface area contributed by atoms with E-state index in [2.05, 4.69) is 14.5 Å². The van der Waals surface area contributed by atoms with Crippen molar-refractivity contribution in [3.63, 3.8) is 0 Å². The maximum absolute atomic E-state index is 12.0. The van der Waals surface area contributed by atoms with Gasteiger partial charge in [-0.2, -0.15) is 10.2 Å². The maximum atomic E-state index is 12.0. The van der Waals surface area contributed by atoms with E-state index in [1.807, 2.05) is 0 Å². The van der Waals surface area contributed by atoms with Gasteiger partial charge in [0.05, 0.1) is 19.6 Å². The highest BCUT2D eigenvalue weighted by Gasteiger charge is 2.34. The summed E-state index contributed by atoms with van der Waals surface area (Å²) in [7, 11) is 1.19. The van der Waals surface area contributed by atoms with E-state index in [0.29, 0.717) is 0 Å². The molecule has 8 heteroatoms. The van der Waals surface area contributed by atoms with Crippen LogP contribution >= 0.6 is 0 Å². The molecule has 0 unspecified atom stereocenters. The number of hydrogen-bond acceptors (Lipinski definition) is 5. The Kier molecular flexibility index (Phi) is 3.62. The van der Waals surface area contributed by atoms with Gasteiger partial charge in [-0.05, 0) is 0 Å². The van der Waals surface area contributed by atoms with Gasteiger partial charge in [0.25, 0.3) is 5.88 Å². The highest BCUT2D eigenvalue weighted by atomic mass is 19.4. The molecular formula is C9H7F3N2O3. The van der Waals surface area contributed by atoms with Gasteiger partial charge < -0.3 is 14.6 Å². The molecule has 1 aromatic heterocycles. The third kappa shape index (κ3) is 3.41. The number of hydrogen-bond donors (Lipinski definition) is 1. The Labute approximate surface area is 94.0 Å². The van der Waals surface area contributed by atoms with Crippen LogP contribution in [0.25, 0.3) is 0 Å². The Morgan fingerprint density at radius 1 is 1.53 bits per heavy atom. The molecule has 1 N–H and O–H groups in total. The van der Waals surface area contributed by atoms with Crippen molar-refractivity contribution in [3.8, 4) is 23.6 Å². The van der Waals surface area contributed by atoms with Crippen molar-refractivity contribution < 1.29 is 27.8 Å². The van der Waals surface area contributed by atoms with E-state index in [4.69, 9.17) is 5.26 Å². The van der Waals surface area contributed by atoms with Crippen molar-refractivity contribution in [1.82, 2.24) is 4.98 Å². The number of ether oxygens (including phenoxy) is 2. The monoisotopic (exact) mass is 248 g/mol. The summed E-state index contributed by atoms with van der Waals surface area (Å²) in [5, 5.41) is 17.9. The fourth-order valence-electron chi connectivity index (χ4n) is 1.05. The number of nitrogens with zero attached hydrogens (tertiary/aromatic N) is 2. The van der Waals surface area contributed by atoms with Gasteiger partial charge in [-0.25, -0.2) is 0 Å². The van der Waals surface area contributed by atoms with Gasteiger partial charge in [-0.3, -0.25) is 0 Å². The number of nitriles is 1. The molecule has 0 amide bonds. The molecule has 5 nitrogen and oxygen atoms in total. The van der Waals surface area contributed by atoms with Crippen LogP contribution in [0.15, 0.2) is 6.07 Å². The van der Waals surface area contributed by atoms with Crippen molar-refractivity contribution in [3.05, 3.63) is 11.6 Å². The van der Waals surface area contributed by atoms with Crippen LogP contribution in [0.4, 0.5) is 13.2 Å². The number of halogens is 3. The maximum Gasteiger partial charge on any atom is 0.574 e. The van der Waals surface area contributed by atoms with Crippen LogP contribution in [0.3, 0.4) is 0 Å². The average molecular weight is 248 g/mol. The summed E-state index contributed by atoms with van der Waals surface area (Å²) in [6, 6.07) is 2.84. The van der Waals surface area contributed by atoms with Crippen molar-refractivity contribution >= 4 is 0 Å². The molecule has 1 rings (SSSR count). The lowest BCUT2D eigenvalue weighted by Gasteiger charge is -2.12. The van der Waals surface area contributed by atoms with E-state index in [1.165, 1.54) is 7.11 Å². The number of aromatic nitrogens is 1. The Morgan fingerprint density at radius 2 is 2.18 bits per heavy atom. The first-order chi connectivity index (χ1) is 7.87. The van der Waals surface area contributed by atoms with Gasteiger partial charge in [-0.15, -0.1) is 13.2 Å². The van der Waals surface area contributed by atoms with Crippen molar-refractivity contribution in [2.24, 2.45) is 0 Å². The molecular weight excluding hydrogens is 241 g/mol. The van der Waals surface area contributed by atoms with Crippen LogP contribution in [-0.4, -0.2) is 23.6 Å². The second-order valence-corrected chi connectivity index (χ2v) is 2.86. The standard InChI is InChI=1S/C9H7F3N2O3/c1-16-6-4-5(2-3-13)7(15)8(14-6)17-9(10,11)12/h4,15H,2H2,1H3. The molecule has 0 saturated heterocycles. The van der Waals surface area contributed by atoms with Gasteiger partial charge in [0.15, 0.2) is 5.75 Å². The van der Waals surface area contributed by atoms with Crippen molar-refractivity contribution in [1.29, 1.82) is 5.26 Å². The quantitative estimate of drug-likeness (QED) is 0.882.